The summed E-state index contributed by atoms with van der Waals surface area (Å²) in [5.41, 5.74) is 2.49. The Balaban J connectivity index is 1.64. The quantitative estimate of drug-likeness (QED) is 0.423. The maximum atomic E-state index is 12.2. The Morgan fingerprint density at radius 2 is 1.75 bits per heavy atom. The number of hydrogen-bond donors (Lipinski definition) is 1. The van der Waals surface area contributed by atoms with Gasteiger partial charge in [-0.05, 0) is 30.7 Å². The van der Waals surface area contributed by atoms with Gasteiger partial charge in [0, 0.05) is 12.1 Å². The van der Waals surface area contributed by atoms with Crippen LogP contribution in [0.3, 0.4) is 0 Å². The molecule has 0 aliphatic heterocycles. The number of rotatable bonds is 9. The van der Waals surface area contributed by atoms with Crippen molar-refractivity contribution < 1.29 is 9.59 Å². The lowest BCUT2D eigenvalue weighted by molar-refractivity contribution is -0.117. The molecular weight excluding hydrogens is 370 g/mol. The number of fused-ring (bicyclic) bond motifs is 1. The van der Waals surface area contributed by atoms with Gasteiger partial charge < -0.3 is 4.57 Å². The Morgan fingerprint density at radius 1 is 1.00 bits per heavy atom. The van der Waals surface area contributed by atoms with Crippen molar-refractivity contribution in [3.63, 3.8) is 0 Å². The topological polar surface area (TPSA) is 64.0 Å². The Bertz CT molecular complexity index is 937. The third-order valence-electron chi connectivity index (χ3n) is 4.48. The zero-order valence-electron chi connectivity index (χ0n) is 16.1. The molecule has 0 bridgehead atoms. The monoisotopic (exact) mass is 395 g/mol. The highest BCUT2D eigenvalue weighted by molar-refractivity contribution is 7.99. The number of thioether (sulfide) groups is 1. The molecule has 5 nitrogen and oxygen atoms in total. The van der Waals surface area contributed by atoms with Crippen molar-refractivity contribution in [2.24, 2.45) is 0 Å². The zero-order valence-corrected chi connectivity index (χ0v) is 16.9. The van der Waals surface area contributed by atoms with Crippen LogP contribution < -0.4 is 5.32 Å². The standard InChI is InChI=1S/C22H25N3O2S/c1-2-3-4-10-15-25-19-14-9-8-13-18(19)23-22(25)28-16-20(26)24-21(27)17-11-6-5-7-12-17/h5-9,11-14H,2-4,10,15-16H2,1H3,(H,24,26,27). The summed E-state index contributed by atoms with van der Waals surface area (Å²) in [4.78, 5) is 29.0. The summed E-state index contributed by atoms with van der Waals surface area (Å²) in [6.07, 6.45) is 4.68. The van der Waals surface area contributed by atoms with Crippen LogP contribution in [-0.2, 0) is 11.3 Å². The highest BCUT2D eigenvalue weighted by Gasteiger charge is 2.14. The number of hydrogen-bond acceptors (Lipinski definition) is 4. The maximum Gasteiger partial charge on any atom is 0.257 e. The fraction of sp³-hybridized carbons (Fsp3) is 0.318. The molecule has 1 N–H and O–H groups in total. The normalized spacial score (nSPS) is 10.9. The molecule has 28 heavy (non-hydrogen) atoms. The summed E-state index contributed by atoms with van der Waals surface area (Å²) in [6.45, 7) is 3.08. The van der Waals surface area contributed by atoms with E-state index in [1.54, 1.807) is 24.3 Å². The van der Waals surface area contributed by atoms with Crippen LogP contribution in [0, 0.1) is 0 Å². The molecule has 0 saturated heterocycles. The van der Waals surface area contributed by atoms with Crippen molar-refractivity contribution in [2.75, 3.05) is 5.75 Å². The molecule has 0 fully saturated rings. The van der Waals surface area contributed by atoms with E-state index in [4.69, 9.17) is 0 Å². The lowest BCUT2D eigenvalue weighted by atomic mass is 10.2. The molecule has 2 aromatic carbocycles. The summed E-state index contributed by atoms with van der Waals surface area (Å²) >= 11 is 1.37. The molecule has 6 heteroatoms. The minimum absolute atomic E-state index is 0.150. The summed E-state index contributed by atoms with van der Waals surface area (Å²) in [7, 11) is 0. The molecular formula is C22H25N3O2S. The minimum atomic E-state index is -0.376. The van der Waals surface area contributed by atoms with E-state index in [2.05, 4.69) is 27.9 Å². The number of nitrogens with zero attached hydrogens (tertiary/aromatic N) is 2. The SMILES string of the molecule is CCCCCCn1c(SCC(=O)NC(=O)c2ccccc2)nc2ccccc21. The van der Waals surface area contributed by atoms with E-state index in [0.717, 1.165) is 29.2 Å². The molecule has 0 spiro atoms. The predicted octanol–water partition coefficient (Wildman–Crippen LogP) is 4.67. The number of carbonyl (C=O) groups excluding carboxylic acids is 2. The summed E-state index contributed by atoms with van der Waals surface area (Å²) in [5.74, 6) is -0.542. The van der Waals surface area contributed by atoms with Crippen LogP contribution >= 0.6 is 11.8 Å². The molecule has 3 rings (SSSR count). The molecule has 0 radical (unpaired) electrons. The van der Waals surface area contributed by atoms with E-state index in [9.17, 15) is 9.59 Å². The van der Waals surface area contributed by atoms with Crippen molar-refractivity contribution in [2.45, 2.75) is 44.3 Å². The van der Waals surface area contributed by atoms with Gasteiger partial charge in [-0.15, -0.1) is 0 Å². The van der Waals surface area contributed by atoms with E-state index in [-0.39, 0.29) is 17.6 Å². The molecule has 1 aromatic heterocycles. The highest BCUT2D eigenvalue weighted by atomic mass is 32.2. The molecule has 0 saturated carbocycles. The van der Waals surface area contributed by atoms with Crippen LogP contribution in [0.1, 0.15) is 43.0 Å². The molecule has 0 aliphatic carbocycles. The van der Waals surface area contributed by atoms with Crippen LogP contribution in [0.25, 0.3) is 11.0 Å². The van der Waals surface area contributed by atoms with Crippen molar-refractivity contribution in [1.29, 1.82) is 0 Å². The van der Waals surface area contributed by atoms with Crippen LogP contribution in [0.15, 0.2) is 59.8 Å². The number of unbranched alkanes of at least 4 members (excludes halogenated alkanes) is 3. The van der Waals surface area contributed by atoms with E-state index in [0.29, 0.717) is 5.56 Å². The smallest absolute Gasteiger partial charge is 0.257 e. The van der Waals surface area contributed by atoms with Crippen LogP contribution in [-0.4, -0.2) is 27.1 Å². The fourth-order valence-corrected chi connectivity index (χ4v) is 3.87. The second-order valence-corrected chi connectivity index (χ2v) is 7.57. The maximum absolute atomic E-state index is 12.2. The van der Waals surface area contributed by atoms with Crippen LogP contribution in [0.5, 0.6) is 0 Å². The average molecular weight is 396 g/mol. The van der Waals surface area contributed by atoms with Crippen molar-refractivity contribution in [3.05, 3.63) is 60.2 Å². The fourth-order valence-electron chi connectivity index (χ4n) is 3.03. The number of imidazole rings is 1. The predicted molar refractivity (Wildman–Crippen MR) is 114 cm³/mol. The van der Waals surface area contributed by atoms with Crippen LogP contribution in [0.2, 0.25) is 0 Å². The number of imide groups is 1. The number of nitrogens with one attached hydrogen (secondary N) is 1. The third-order valence-corrected chi connectivity index (χ3v) is 5.45. The molecule has 146 valence electrons. The van der Waals surface area contributed by atoms with E-state index >= 15 is 0 Å². The van der Waals surface area contributed by atoms with Gasteiger partial charge in [0.05, 0.1) is 16.8 Å². The van der Waals surface area contributed by atoms with Crippen molar-refractivity contribution in [3.8, 4) is 0 Å². The first kappa shape index (κ1) is 20.1. The second kappa shape index (κ2) is 10.1. The first-order valence-corrected chi connectivity index (χ1v) is 10.6. The number of amides is 2. The molecule has 3 aromatic rings. The highest BCUT2D eigenvalue weighted by Crippen LogP contribution is 2.24. The van der Waals surface area contributed by atoms with Crippen molar-refractivity contribution in [1.82, 2.24) is 14.9 Å². The van der Waals surface area contributed by atoms with Gasteiger partial charge in [-0.25, -0.2) is 4.98 Å². The Labute approximate surface area is 169 Å². The van der Waals surface area contributed by atoms with Crippen molar-refractivity contribution >= 4 is 34.6 Å². The lowest BCUT2D eigenvalue weighted by Crippen LogP contribution is -2.31. The zero-order chi connectivity index (χ0) is 19.8. The van der Waals surface area contributed by atoms with Gasteiger partial charge in [-0.2, -0.15) is 0 Å². The van der Waals surface area contributed by atoms with E-state index < -0.39 is 0 Å². The summed E-state index contributed by atoms with van der Waals surface area (Å²) in [5, 5.41) is 3.26. The molecule has 1 heterocycles. The molecule has 0 unspecified atom stereocenters. The Kier molecular flexibility index (Phi) is 7.25. The minimum Gasteiger partial charge on any atom is -0.319 e. The summed E-state index contributed by atoms with van der Waals surface area (Å²) in [6, 6.07) is 16.8. The van der Waals surface area contributed by atoms with Gasteiger partial charge in [0.15, 0.2) is 5.16 Å². The molecule has 0 atom stereocenters. The summed E-state index contributed by atoms with van der Waals surface area (Å²) < 4.78 is 2.18. The number of aromatic nitrogens is 2. The number of carbonyl (C=O) groups is 2. The molecule has 2 amide bonds. The van der Waals surface area contributed by atoms with Gasteiger partial charge >= 0.3 is 0 Å². The van der Waals surface area contributed by atoms with Gasteiger partial charge in [-0.3, -0.25) is 14.9 Å². The average Bonchev–Trinajstić information content (AvgIpc) is 3.08. The number of benzene rings is 2. The largest absolute Gasteiger partial charge is 0.319 e. The number of para-hydroxylation sites is 2. The first-order chi connectivity index (χ1) is 13.7. The van der Waals surface area contributed by atoms with Crippen LogP contribution in [0.4, 0.5) is 0 Å². The van der Waals surface area contributed by atoms with Gasteiger partial charge in [-0.1, -0.05) is 68.3 Å². The van der Waals surface area contributed by atoms with E-state index in [1.807, 2.05) is 24.3 Å². The number of aryl methyl sites for hydroxylation is 1. The van der Waals surface area contributed by atoms with Gasteiger partial charge in [0.25, 0.3) is 5.91 Å². The lowest BCUT2D eigenvalue weighted by Gasteiger charge is -2.09. The van der Waals surface area contributed by atoms with Gasteiger partial charge in [0.1, 0.15) is 0 Å². The third kappa shape index (κ3) is 5.23. The van der Waals surface area contributed by atoms with E-state index in [1.165, 1.54) is 31.0 Å². The Hall–Kier alpha value is -2.60. The Morgan fingerprint density at radius 3 is 2.54 bits per heavy atom. The van der Waals surface area contributed by atoms with Gasteiger partial charge in [0.2, 0.25) is 5.91 Å². The molecule has 0 aliphatic rings. The first-order valence-electron chi connectivity index (χ1n) is 9.66. The second-order valence-electron chi connectivity index (χ2n) is 6.63.